The van der Waals surface area contributed by atoms with E-state index in [1.54, 1.807) is 25.1 Å². The number of nitrogens with zero attached hydrogens (tertiary/aromatic N) is 1. The highest BCUT2D eigenvalue weighted by Gasteiger charge is 2.20. The lowest BCUT2D eigenvalue weighted by atomic mass is 10.1. The quantitative estimate of drug-likeness (QED) is 0.710. The molecule has 128 valence electrons. The minimum atomic E-state index is -0.886. The molecule has 0 aliphatic heterocycles. The fourth-order valence-corrected chi connectivity index (χ4v) is 2.85. The number of carbonyl (C=O) groups is 2. The summed E-state index contributed by atoms with van der Waals surface area (Å²) in [4.78, 5) is 24.0. The predicted molar refractivity (Wildman–Crippen MR) is 92.1 cm³/mol. The summed E-state index contributed by atoms with van der Waals surface area (Å²) in [6, 6.07) is 4.75. The number of benzene rings is 1. The van der Waals surface area contributed by atoms with Crippen LogP contribution in [0.1, 0.15) is 25.8 Å². The van der Waals surface area contributed by atoms with Crippen LogP contribution in [0.15, 0.2) is 18.2 Å². The van der Waals surface area contributed by atoms with Gasteiger partial charge in [0.2, 0.25) is 5.91 Å². The highest BCUT2D eigenvalue weighted by Crippen LogP contribution is 2.25. The van der Waals surface area contributed by atoms with Crippen molar-refractivity contribution in [2.75, 3.05) is 19.6 Å². The SMILES string of the molecule is CC(=O)NCCN(CCCc1c(Cl)cccc1Cl)C(C)C(=O)O. The average Bonchev–Trinajstić information content (AvgIpc) is 2.47. The second-order valence-electron chi connectivity index (χ2n) is 5.34. The number of halogens is 2. The van der Waals surface area contributed by atoms with E-state index >= 15 is 0 Å². The molecule has 0 spiro atoms. The molecule has 1 unspecified atom stereocenters. The maximum atomic E-state index is 11.2. The average molecular weight is 361 g/mol. The van der Waals surface area contributed by atoms with Gasteiger partial charge in [0.1, 0.15) is 6.04 Å². The minimum absolute atomic E-state index is 0.129. The smallest absolute Gasteiger partial charge is 0.320 e. The summed E-state index contributed by atoms with van der Waals surface area (Å²) >= 11 is 12.3. The van der Waals surface area contributed by atoms with Crippen LogP contribution in [-0.4, -0.2) is 47.6 Å². The van der Waals surface area contributed by atoms with Crippen molar-refractivity contribution >= 4 is 35.1 Å². The summed E-state index contributed by atoms with van der Waals surface area (Å²) in [5, 5.41) is 13.1. The highest BCUT2D eigenvalue weighted by molar-refractivity contribution is 6.35. The van der Waals surface area contributed by atoms with Crippen molar-refractivity contribution in [2.24, 2.45) is 0 Å². The van der Waals surface area contributed by atoms with Crippen LogP contribution in [0, 0.1) is 0 Å². The summed E-state index contributed by atoms with van der Waals surface area (Å²) < 4.78 is 0. The molecule has 1 atom stereocenters. The third-order valence-corrected chi connectivity index (χ3v) is 4.32. The molecule has 0 saturated carbocycles. The number of carbonyl (C=O) groups excluding carboxylic acids is 1. The van der Waals surface area contributed by atoms with Crippen molar-refractivity contribution in [3.8, 4) is 0 Å². The van der Waals surface area contributed by atoms with Crippen molar-refractivity contribution < 1.29 is 14.7 Å². The molecule has 0 radical (unpaired) electrons. The highest BCUT2D eigenvalue weighted by atomic mass is 35.5. The van der Waals surface area contributed by atoms with E-state index in [-0.39, 0.29) is 5.91 Å². The number of aliphatic carboxylic acids is 1. The molecule has 7 heteroatoms. The van der Waals surface area contributed by atoms with Gasteiger partial charge in [-0.15, -0.1) is 0 Å². The lowest BCUT2D eigenvalue weighted by Crippen LogP contribution is -2.43. The molecule has 0 aliphatic rings. The Balaban J connectivity index is 2.59. The molecule has 1 aromatic rings. The summed E-state index contributed by atoms with van der Waals surface area (Å²) in [5.41, 5.74) is 0.876. The normalized spacial score (nSPS) is 12.2. The number of carboxylic acid groups (broad SMARTS) is 1. The van der Waals surface area contributed by atoms with E-state index in [1.807, 2.05) is 4.90 Å². The molecular formula is C16H22Cl2N2O3. The van der Waals surface area contributed by atoms with Crippen molar-refractivity contribution in [2.45, 2.75) is 32.7 Å². The van der Waals surface area contributed by atoms with Gasteiger partial charge in [-0.1, -0.05) is 29.3 Å². The van der Waals surface area contributed by atoms with Gasteiger partial charge in [-0.3, -0.25) is 14.5 Å². The fourth-order valence-electron chi connectivity index (χ4n) is 2.26. The number of rotatable bonds is 9. The van der Waals surface area contributed by atoms with Gasteiger partial charge in [-0.05, 0) is 44.0 Å². The van der Waals surface area contributed by atoms with Gasteiger partial charge in [-0.25, -0.2) is 0 Å². The lowest BCUT2D eigenvalue weighted by Gasteiger charge is -2.26. The number of carboxylic acids is 1. The first kappa shape index (κ1) is 19.7. The van der Waals surface area contributed by atoms with E-state index in [9.17, 15) is 14.7 Å². The molecule has 1 rings (SSSR count). The van der Waals surface area contributed by atoms with Crippen molar-refractivity contribution in [1.29, 1.82) is 0 Å². The topological polar surface area (TPSA) is 69.6 Å². The van der Waals surface area contributed by atoms with Gasteiger partial charge in [0.05, 0.1) is 0 Å². The van der Waals surface area contributed by atoms with Crippen molar-refractivity contribution in [3.05, 3.63) is 33.8 Å². The Bertz CT molecular complexity index is 532. The second-order valence-corrected chi connectivity index (χ2v) is 6.15. The Labute approximate surface area is 146 Å². The van der Waals surface area contributed by atoms with E-state index in [1.165, 1.54) is 6.92 Å². The Hall–Kier alpha value is -1.30. The van der Waals surface area contributed by atoms with Gasteiger partial charge in [0, 0.05) is 30.1 Å². The molecule has 0 heterocycles. The zero-order valence-corrected chi connectivity index (χ0v) is 14.8. The lowest BCUT2D eigenvalue weighted by molar-refractivity contribution is -0.142. The third-order valence-electron chi connectivity index (χ3n) is 3.61. The first-order valence-electron chi connectivity index (χ1n) is 7.47. The molecule has 0 aromatic heterocycles. The molecule has 1 amide bonds. The van der Waals surface area contributed by atoms with Crippen LogP contribution in [0.4, 0.5) is 0 Å². The summed E-state index contributed by atoms with van der Waals surface area (Å²) in [6.45, 7) is 4.54. The van der Waals surface area contributed by atoms with E-state index < -0.39 is 12.0 Å². The molecule has 5 nitrogen and oxygen atoms in total. The summed E-state index contributed by atoms with van der Waals surface area (Å²) in [5.74, 6) is -1.01. The molecule has 0 saturated heterocycles. The van der Waals surface area contributed by atoms with Crippen molar-refractivity contribution in [1.82, 2.24) is 10.2 Å². The number of hydrogen-bond acceptors (Lipinski definition) is 3. The maximum absolute atomic E-state index is 11.2. The van der Waals surface area contributed by atoms with E-state index in [0.29, 0.717) is 36.1 Å². The van der Waals surface area contributed by atoms with E-state index in [0.717, 1.165) is 12.0 Å². The Morgan fingerprint density at radius 1 is 1.26 bits per heavy atom. The number of amides is 1. The van der Waals surface area contributed by atoms with Gasteiger partial charge in [0.15, 0.2) is 0 Å². The molecule has 1 aromatic carbocycles. The monoisotopic (exact) mass is 360 g/mol. The van der Waals surface area contributed by atoms with Gasteiger partial charge < -0.3 is 10.4 Å². The zero-order valence-electron chi connectivity index (χ0n) is 13.3. The Morgan fingerprint density at radius 3 is 2.39 bits per heavy atom. The predicted octanol–water partition coefficient (Wildman–Crippen LogP) is 2.84. The molecule has 23 heavy (non-hydrogen) atoms. The summed E-state index contributed by atoms with van der Waals surface area (Å²) in [6.07, 6.45) is 1.39. The first-order valence-corrected chi connectivity index (χ1v) is 8.22. The van der Waals surface area contributed by atoms with Crippen LogP contribution in [0.2, 0.25) is 10.0 Å². The zero-order chi connectivity index (χ0) is 17.4. The molecule has 0 aliphatic carbocycles. The van der Waals surface area contributed by atoms with Crippen molar-refractivity contribution in [3.63, 3.8) is 0 Å². The fraction of sp³-hybridized carbons (Fsp3) is 0.500. The largest absolute Gasteiger partial charge is 0.480 e. The molecule has 0 bridgehead atoms. The van der Waals surface area contributed by atoms with E-state index in [4.69, 9.17) is 23.2 Å². The standard InChI is InChI=1S/C16H22Cl2N2O3/c1-11(16(22)23)20(10-8-19-12(2)21)9-4-5-13-14(17)6-3-7-15(13)18/h3,6-7,11H,4-5,8-10H2,1-2H3,(H,19,21)(H,22,23). The Kier molecular flexibility index (Phi) is 8.37. The van der Waals surface area contributed by atoms with Gasteiger partial charge >= 0.3 is 5.97 Å². The molecular weight excluding hydrogens is 339 g/mol. The first-order chi connectivity index (χ1) is 10.8. The van der Waals surface area contributed by atoms with Gasteiger partial charge in [-0.2, -0.15) is 0 Å². The molecule has 0 fully saturated rings. The number of hydrogen-bond donors (Lipinski definition) is 2. The Morgan fingerprint density at radius 2 is 1.87 bits per heavy atom. The third kappa shape index (κ3) is 6.77. The van der Waals surface area contributed by atoms with Crippen LogP contribution >= 0.6 is 23.2 Å². The summed E-state index contributed by atoms with van der Waals surface area (Å²) in [7, 11) is 0. The molecule has 2 N–H and O–H groups in total. The second kappa shape index (κ2) is 9.75. The van der Waals surface area contributed by atoms with Crippen LogP contribution < -0.4 is 5.32 Å². The maximum Gasteiger partial charge on any atom is 0.320 e. The van der Waals surface area contributed by atoms with Crippen LogP contribution in [0.5, 0.6) is 0 Å². The van der Waals surface area contributed by atoms with Gasteiger partial charge in [0.25, 0.3) is 0 Å². The van der Waals surface area contributed by atoms with Crippen LogP contribution in [0.3, 0.4) is 0 Å². The van der Waals surface area contributed by atoms with E-state index in [2.05, 4.69) is 5.32 Å². The van der Waals surface area contributed by atoms with Crippen LogP contribution in [-0.2, 0) is 16.0 Å². The minimum Gasteiger partial charge on any atom is -0.480 e. The number of nitrogens with one attached hydrogen (secondary N) is 1. The van der Waals surface area contributed by atoms with Crippen LogP contribution in [0.25, 0.3) is 0 Å².